The summed E-state index contributed by atoms with van der Waals surface area (Å²) in [5, 5.41) is 13.4. The molecule has 2 aromatic rings. The van der Waals surface area contributed by atoms with Crippen molar-refractivity contribution in [2.45, 2.75) is 26.2 Å². The molecule has 2 aromatic heterocycles. The fourth-order valence-electron chi connectivity index (χ4n) is 1.43. The summed E-state index contributed by atoms with van der Waals surface area (Å²) in [5.41, 5.74) is 1.11. The maximum atomic E-state index is 11.1. The molecule has 5 nitrogen and oxygen atoms in total. The van der Waals surface area contributed by atoms with Gasteiger partial charge in [-0.05, 0) is 26.8 Å². The zero-order valence-corrected chi connectivity index (χ0v) is 9.43. The first-order chi connectivity index (χ1) is 7.43. The Kier molecular flexibility index (Phi) is 2.18. The maximum absolute atomic E-state index is 11.1. The number of nitrogens with zero attached hydrogens (tertiary/aromatic N) is 3. The van der Waals surface area contributed by atoms with Crippen LogP contribution in [0.3, 0.4) is 0 Å². The fraction of sp³-hybridized carbons (Fsp3) is 0.364. The van der Waals surface area contributed by atoms with Crippen LogP contribution in [0.4, 0.5) is 0 Å². The third-order valence-electron chi connectivity index (χ3n) is 2.72. The van der Waals surface area contributed by atoms with Crippen LogP contribution in [-0.2, 0) is 10.2 Å². The Morgan fingerprint density at radius 3 is 2.75 bits per heavy atom. The summed E-state index contributed by atoms with van der Waals surface area (Å²) in [7, 11) is 0. The van der Waals surface area contributed by atoms with Crippen LogP contribution in [0.2, 0.25) is 0 Å². The Balaban J connectivity index is 2.64. The molecular weight excluding hydrogens is 206 g/mol. The zero-order chi connectivity index (χ0) is 11.9. The molecule has 2 rings (SSSR count). The van der Waals surface area contributed by atoms with Crippen LogP contribution in [0, 0.1) is 6.92 Å². The van der Waals surface area contributed by atoms with Gasteiger partial charge in [-0.1, -0.05) is 0 Å². The fourth-order valence-corrected chi connectivity index (χ4v) is 1.43. The van der Waals surface area contributed by atoms with Crippen LogP contribution < -0.4 is 0 Å². The molecule has 1 N–H and O–H groups in total. The van der Waals surface area contributed by atoms with Gasteiger partial charge in [0.2, 0.25) is 0 Å². The molecule has 0 aliphatic rings. The largest absolute Gasteiger partial charge is 0.481 e. The van der Waals surface area contributed by atoms with E-state index < -0.39 is 11.4 Å². The smallest absolute Gasteiger partial charge is 0.315 e. The molecule has 0 saturated carbocycles. The lowest BCUT2D eigenvalue weighted by molar-refractivity contribution is -0.142. The molecule has 0 unspecified atom stereocenters. The molecule has 0 aliphatic heterocycles. The summed E-state index contributed by atoms with van der Waals surface area (Å²) >= 11 is 0. The zero-order valence-electron chi connectivity index (χ0n) is 9.43. The van der Waals surface area contributed by atoms with Gasteiger partial charge in [0.25, 0.3) is 0 Å². The van der Waals surface area contributed by atoms with Crippen molar-refractivity contribution in [3.05, 3.63) is 29.7 Å². The van der Waals surface area contributed by atoms with E-state index in [-0.39, 0.29) is 0 Å². The lowest BCUT2D eigenvalue weighted by Crippen LogP contribution is -2.29. The van der Waals surface area contributed by atoms with Crippen molar-refractivity contribution < 1.29 is 9.90 Å². The Morgan fingerprint density at radius 2 is 2.19 bits per heavy atom. The number of hydrogen-bond donors (Lipinski definition) is 1. The van der Waals surface area contributed by atoms with Crippen molar-refractivity contribution in [2.24, 2.45) is 0 Å². The van der Waals surface area contributed by atoms with Gasteiger partial charge in [-0.25, -0.2) is 9.50 Å². The first-order valence-electron chi connectivity index (χ1n) is 4.98. The molecule has 0 radical (unpaired) electrons. The molecule has 0 atom stereocenters. The van der Waals surface area contributed by atoms with Gasteiger partial charge in [0.05, 0.1) is 5.69 Å². The maximum Gasteiger partial charge on any atom is 0.315 e. The molecule has 0 bridgehead atoms. The first-order valence-corrected chi connectivity index (χ1v) is 4.98. The third kappa shape index (κ3) is 1.44. The second kappa shape index (κ2) is 3.30. The number of carboxylic acid groups (broad SMARTS) is 1. The van der Waals surface area contributed by atoms with Crippen LogP contribution in [0.15, 0.2) is 18.3 Å². The minimum atomic E-state index is -1.000. The van der Waals surface area contributed by atoms with E-state index in [9.17, 15) is 4.79 Å². The van der Waals surface area contributed by atoms with Crippen LogP contribution in [0.25, 0.3) is 5.65 Å². The molecule has 0 aliphatic carbocycles. The summed E-state index contributed by atoms with van der Waals surface area (Å²) in [4.78, 5) is 15.3. The quantitative estimate of drug-likeness (QED) is 0.829. The number of fused-ring (bicyclic) bond motifs is 1. The van der Waals surface area contributed by atoms with E-state index in [0.717, 1.165) is 5.69 Å². The number of hydrogen-bond acceptors (Lipinski definition) is 3. The van der Waals surface area contributed by atoms with E-state index in [2.05, 4.69) is 10.1 Å². The minimum absolute atomic E-state index is 0.516. The predicted molar refractivity (Wildman–Crippen MR) is 58.4 cm³/mol. The number of aromatic nitrogens is 3. The summed E-state index contributed by atoms with van der Waals surface area (Å²) in [6.07, 6.45) is 1.68. The lowest BCUT2D eigenvalue weighted by Gasteiger charge is -2.15. The summed E-state index contributed by atoms with van der Waals surface area (Å²) in [6, 6.07) is 3.54. The Bertz CT molecular complexity index is 557. The molecule has 84 valence electrons. The summed E-state index contributed by atoms with van der Waals surface area (Å²) in [6.45, 7) is 5.16. The highest BCUT2D eigenvalue weighted by Crippen LogP contribution is 2.23. The monoisotopic (exact) mass is 219 g/mol. The van der Waals surface area contributed by atoms with Crippen LogP contribution >= 0.6 is 0 Å². The lowest BCUT2D eigenvalue weighted by atomic mass is 9.90. The molecule has 0 saturated heterocycles. The highest BCUT2D eigenvalue weighted by atomic mass is 16.4. The third-order valence-corrected chi connectivity index (χ3v) is 2.72. The van der Waals surface area contributed by atoms with Gasteiger partial charge in [-0.15, -0.1) is 0 Å². The minimum Gasteiger partial charge on any atom is -0.481 e. The summed E-state index contributed by atoms with van der Waals surface area (Å²) < 4.78 is 1.65. The molecular formula is C11H13N3O2. The Morgan fingerprint density at radius 1 is 1.50 bits per heavy atom. The van der Waals surface area contributed by atoms with Gasteiger partial charge in [0, 0.05) is 18.0 Å². The molecule has 2 heterocycles. The van der Waals surface area contributed by atoms with E-state index in [1.54, 1.807) is 30.6 Å². The van der Waals surface area contributed by atoms with Gasteiger partial charge in [0.15, 0.2) is 5.65 Å². The second-order valence-corrected chi connectivity index (χ2v) is 4.32. The van der Waals surface area contributed by atoms with Crippen molar-refractivity contribution in [2.75, 3.05) is 0 Å². The van der Waals surface area contributed by atoms with Crippen molar-refractivity contribution in [3.8, 4) is 0 Å². The van der Waals surface area contributed by atoms with Crippen molar-refractivity contribution in [1.29, 1.82) is 0 Å². The molecule has 16 heavy (non-hydrogen) atoms. The second-order valence-electron chi connectivity index (χ2n) is 4.32. The highest BCUT2D eigenvalue weighted by Gasteiger charge is 2.32. The molecule has 0 aromatic carbocycles. The Labute approximate surface area is 92.7 Å². The van der Waals surface area contributed by atoms with Crippen LogP contribution in [-0.4, -0.2) is 25.7 Å². The molecule has 0 fully saturated rings. The Hall–Kier alpha value is -1.91. The summed E-state index contributed by atoms with van der Waals surface area (Å²) in [5.74, 6) is -0.895. The van der Waals surface area contributed by atoms with Gasteiger partial charge < -0.3 is 5.11 Å². The number of rotatable bonds is 2. The average Bonchev–Trinajstić information content (AvgIpc) is 2.63. The van der Waals surface area contributed by atoms with E-state index in [4.69, 9.17) is 5.11 Å². The van der Waals surface area contributed by atoms with Crippen molar-refractivity contribution in [3.63, 3.8) is 0 Å². The van der Waals surface area contributed by atoms with Crippen molar-refractivity contribution >= 4 is 11.6 Å². The topological polar surface area (TPSA) is 67.5 Å². The van der Waals surface area contributed by atoms with Crippen LogP contribution in [0.5, 0.6) is 0 Å². The van der Waals surface area contributed by atoms with E-state index in [1.807, 2.05) is 13.0 Å². The van der Waals surface area contributed by atoms with Crippen LogP contribution in [0.1, 0.15) is 25.2 Å². The normalized spacial score (nSPS) is 11.9. The predicted octanol–water partition coefficient (Wildman–Crippen LogP) is 1.40. The number of carboxylic acids is 1. The van der Waals surface area contributed by atoms with Gasteiger partial charge in [-0.2, -0.15) is 5.10 Å². The standard InChI is InChI=1S/C11H13N3O2/c1-7-4-5-12-9-6-8(13-14(7)9)11(2,3)10(15)16/h4-6H,1-3H3,(H,15,16). The number of aliphatic carboxylic acids is 1. The first kappa shape index (κ1) is 10.6. The number of aryl methyl sites for hydroxylation is 1. The van der Waals surface area contributed by atoms with E-state index in [0.29, 0.717) is 11.3 Å². The van der Waals surface area contributed by atoms with Gasteiger partial charge in [-0.3, -0.25) is 4.79 Å². The molecule has 5 heteroatoms. The SMILES string of the molecule is Cc1ccnc2cc(C(C)(C)C(=O)O)nn12. The molecule has 0 amide bonds. The number of carbonyl (C=O) groups is 1. The van der Waals surface area contributed by atoms with Crippen molar-refractivity contribution in [1.82, 2.24) is 14.6 Å². The van der Waals surface area contributed by atoms with E-state index >= 15 is 0 Å². The average molecular weight is 219 g/mol. The molecule has 0 spiro atoms. The van der Waals surface area contributed by atoms with E-state index in [1.165, 1.54) is 0 Å². The van der Waals surface area contributed by atoms with Gasteiger partial charge in [0.1, 0.15) is 5.41 Å². The highest BCUT2D eigenvalue weighted by molar-refractivity contribution is 5.80. The van der Waals surface area contributed by atoms with Gasteiger partial charge >= 0.3 is 5.97 Å².